The maximum absolute atomic E-state index is 14.6. The summed E-state index contributed by atoms with van der Waals surface area (Å²) in [5, 5.41) is 3.49. The predicted octanol–water partition coefficient (Wildman–Crippen LogP) is 4.11. The normalized spacial score (nSPS) is 21.1. The van der Waals surface area contributed by atoms with Crippen LogP contribution in [0.5, 0.6) is 0 Å². The fourth-order valence-electron chi connectivity index (χ4n) is 5.47. The van der Waals surface area contributed by atoms with Gasteiger partial charge in [0.25, 0.3) is 11.8 Å². The van der Waals surface area contributed by atoms with Crippen molar-refractivity contribution in [1.29, 1.82) is 0 Å². The van der Waals surface area contributed by atoms with E-state index in [2.05, 4.69) is 5.32 Å². The summed E-state index contributed by atoms with van der Waals surface area (Å²) < 4.78 is 14.6. The molecule has 0 spiro atoms. The smallest absolute Gasteiger partial charge is 0.259 e. The van der Waals surface area contributed by atoms with Crippen molar-refractivity contribution in [2.45, 2.75) is 38.4 Å². The largest absolute Gasteiger partial charge is 0.327 e. The molecule has 3 aliphatic rings. The van der Waals surface area contributed by atoms with Crippen LogP contribution in [-0.4, -0.2) is 34.6 Å². The first-order chi connectivity index (χ1) is 16.8. The lowest BCUT2D eigenvalue weighted by Crippen LogP contribution is -2.53. The SMILES string of the molecule is C[C@H]1c2ccc(Cl)c(F)c2CN1C(=O)c1ccc2c3c(cccc13)N(C1CCC(=O)NC1=O)C2=O. The molecule has 176 valence electrons. The van der Waals surface area contributed by atoms with Crippen LogP contribution in [0.3, 0.4) is 0 Å². The second-order valence-electron chi connectivity index (χ2n) is 9.04. The van der Waals surface area contributed by atoms with Crippen molar-refractivity contribution >= 4 is 51.7 Å². The van der Waals surface area contributed by atoms with E-state index in [4.69, 9.17) is 11.6 Å². The minimum atomic E-state index is -0.807. The van der Waals surface area contributed by atoms with Crippen molar-refractivity contribution in [2.75, 3.05) is 4.90 Å². The third-order valence-corrected chi connectivity index (χ3v) is 7.51. The summed E-state index contributed by atoms with van der Waals surface area (Å²) >= 11 is 5.95. The Bertz CT molecular complexity index is 1500. The summed E-state index contributed by atoms with van der Waals surface area (Å²) in [6.45, 7) is 1.93. The minimum Gasteiger partial charge on any atom is -0.327 e. The Balaban J connectivity index is 1.42. The standard InChI is InChI=1S/C26H19ClFN3O4/c1-12-13-7-8-18(27)23(28)17(13)11-30(12)25(34)15-5-6-16-22-14(15)3-2-4-19(22)31(26(16)35)20-9-10-21(32)29-24(20)33/h2-8,12,20H,9-11H2,1H3,(H,29,32,33)/t12-,20?/m0/s1. The van der Waals surface area contributed by atoms with Crippen LogP contribution in [0.4, 0.5) is 10.1 Å². The number of carbonyl (C=O) groups is 4. The molecule has 1 unspecified atom stereocenters. The van der Waals surface area contributed by atoms with E-state index in [0.717, 1.165) is 0 Å². The molecule has 35 heavy (non-hydrogen) atoms. The second kappa shape index (κ2) is 7.61. The first-order valence-corrected chi connectivity index (χ1v) is 11.7. The van der Waals surface area contributed by atoms with Gasteiger partial charge in [0.2, 0.25) is 11.8 Å². The summed E-state index contributed by atoms with van der Waals surface area (Å²) in [5.74, 6) is -2.03. The Hall–Kier alpha value is -3.78. The zero-order valence-electron chi connectivity index (χ0n) is 18.6. The number of nitrogens with one attached hydrogen (secondary N) is 1. The zero-order chi connectivity index (χ0) is 24.6. The van der Waals surface area contributed by atoms with Gasteiger partial charge in [-0.05, 0) is 48.6 Å². The molecule has 0 aliphatic carbocycles. The summed E-state index contributed by atoms with van der Waals surface area (Å²) in [7, 11) is 0. The number of anilines is 1. The second-order valence-corrected chi connectivity index (χ2v) is 9.45. The number of rotatable bonds is 2. The van der Waals surface area contributed by atoms with Crippen LogP contribution in [-0.2, 0) is 16.1 Å². The highest BCUT2D eigenvalue weighted by molar-refractivity contribution is 6.31. The molecule has 9 heteroatoms. The van der Waals surface area contributed by atoms with Gasteiger partial charge in [0.05, 0.1) is 16.8 Å². The number of imide groups is 1. The van der Waals surface area contributed by atoms with E-state index in [1.165, 1.54) is 11.0 Å². The van der Waals surface area contributed by atoms with Crippen LogP contribution >= 0.6 is 11.6 Å². The number of amides is 4. The van der Waals surface area contributed by atoms with Gasteiger partial charge in [-0.25, -0.2) is 4.39 Å². The van der Waals surface area contributed by atoms with E-state index in [0.29, 0.717) is 38.7 Å². The van der Waals surface area contributed by atoms with E-state index in [-0.39, 0.29) is 48.2 Å². The topological polar surface area (TPSA) is 86.8 Å². The van der Waals surface area contributed by atoms with Gasteiger partial charge in [0.15, 0.2) is 0 Å². The Morgan fingerprint density at radius 1 is 1.11 bits per heavy atom. The van der Waals surface area contributed by atoms with Crippen LogP contribution < -0.4 is 10.2 Å². The van der Waals surface area contributed by atoms with Gasteiger partial charge in [0, 0.05) is 35.0 Å². The van der Waals surface area contributed by atoms with Gasteiger partial charge in [-0.3, -0.25) is 29.4 Å². The Labute approximate surface area is 204 Å². The number of hydrogen-bond donors (Lipinski definition) is 1. The van der Waals surface area contributed by atoms with Crippen molar-refractivity contribution in [3.63, 3.8) is 0 Å². The first-order valence-electron chi connectivity index (χ1n) is 11.3. The van der Waals surface area contributed by atoms with Crippen LogP contribution in [0.1, 0.15) is 57.7 Å². The van der Waals surface area contributed by atoms with E-state index in [1.54, 1.807) is 41.3 Å². The molecule has 0 aromatic heterocycles. The molecule has 0 saturated carbocycles. The molecular weight excluding hydrogens is 473 g/mol. The fraction of sp³-hybridized carbons (Fsp3) is 0.231. The van der Waals surface area contributed by atoms with Crippen molar-refractivity contribution in [3.8, 4) is 0 Å². The van der Waals surface area contributed by atoms with E-state index in [1.807, 2.05) is 6.92 Å². The molecule has 0 bridgehead atoms. The average Bonchev–Trinajstić information content (AvgIpc) is 3.32. The van der Waals surface area contributed by atoms with Crippen LogP contribution in [0, 0.1) is 5.82 Å². The molecule has 1 saturated heterocycles. The molecule has 3 aliphatic heterocycles. The highest BCUT2D eigenvalue weighted by atomic mass is 35.5. The molecule has 1 fully saturated rings. The molecule has 3 aromatic carbocycles. The maximum Gasteiger partial charge on any atom is 0.259 e. The molecule has 4 amide bonds. The van der Waals surface area contributed by atoms with E-state index < -0.39 is 17.8 Å². The molecule has 1 N–H and O–H groups in total. The summed E-state index contributed by atoms with van der Waals surface area (Å²) in [6.07, 6.45) is 0.370. The van der Waals surface area contributed by atoms with Gasteiger partial charge < -0.3 is 4.90 Å². The number of benzene rings is 3. The maximum atomic E-state index is 14.6. The van der Waals surface area contributed by atoms with Gasteiger partial charge in [-0.15, -0.1) is 0 Å². The number of hydrogen-bond acceptors (Lipinski definition) is 4. The number of piperidine rings is 1. The van der Waals surface area contributed by atoms with Crippen LogP contribution in [0.25, 0.3) is 10.8 Å². The number of fused-ring (bicyclic) bond motifs is 1. The average molecular weight is 492 g/mol. The van der Waals surface area contributed by atoms with Crippen molar-refractivity contribution < 1.29 is 23.6 Å². The van der Waals surface area contributed by atoms with Crippen molar-refractivity contribution in [3.05, 3.63) is 75.6 Å². The third kappa shape index (κ3) is 3.02. The van der Waals surface area contributed by atoms with Crippen molar-refractivity contribution in [2.24, 2.45) is 0 Å². The molecular formula is C26H19ClFN3O4. The fourth-order valence-corrected chi connectivity index (χ4v) is 5.64. The Morgan fingerprint density at radius 3 is 2.69 bits per heavy atom. The third-order valence-electron chi connectivity index (χ3n) is 7.22. The minimum absolute atomic E-state index is 0.0163. The van der Waals surface area contributed by atoms with Crippen LogP contribution in [0.2, 0.25) is 5.02 Å². The van der Waals surface area contributed by atoms with E-state index in [9.17, 15) is 23.6 Å². The lowest BCUT2D eigenvalue weighted by Gasteiger charge is -2.30. The summed E-state index contributed by atoms with van der Waals surface area (Å²) in [4.78, 5) is 54.2. The molecule has 6 rings (SSSR count). The summed E-state index contributed by atoms with van der Waals surface area (Å²) in [6, 6.07) is 10.5. The number of halogens is 2. The van der Waals surface area contributed by atoms with Gasteiger partial charge in [0.1, 0.15) is 11.9 Å². The van der Waals surface area contributed by atoms with Crippen molar-refractivity contribution in [1.82, 2.24) is 10.2 Å². The number of nitrogens with zero attached hydrogens (tertiary/aromatic N) is 2. The van der Waals surface area contributed by atoms with Gasteiger partial charge >= 0.3 is 0 Å². The molecule has 3 heterocycles. The van der Waals surface area contributed by atoms with Crippen LogP contribution in [0.15, 0.2) is 42.5 Å². The lowest BCUT2D eigenvalue weighted by molar-refractivity contribution is -0.134. The Morgan fingerprint density at radius 2 is 1.91 bits per heavy atom. The molecule has 7 nitrogen and oxygen atoms in total. The molecule has 2 atom stereocenters. The lowest BCUT2D eigenvalue weighted by atomic mass is 9.99. The predicted molar refractivity (Wildman–Crippen MR) is 127 cm³/mol. The highest BCUT2D eigenvalue weighted by Gasteiger charge is 2.42. The van der Waals surface area contributed by atoms with Gasteiger partial charge in [-0.2, -0.15) is 0 Å². The van der Waals surface area contributed by atoms with Gasteiger partial charge in [-0.1, -0.05) is 29.8 Å². The summed E-state index contributed by atoms with van der Waals surface area (Å²) in [5.41, 5.74) is 2.43. The monoisotopic (exact) mass is 491 g/mol. The zero-order valence-corrected chi connectivity index (χ0v) is 19.4. The number of carbonyl (C=O) groups excluding carboxylic acids is 4. The van der Waals surface area contributed by atoms with E-state index >= 15 is 0 Å². The molecule has 0 radical (unpaired) electrons. The Kier molecular flexibility index (Phi) is 4.73. The highest BCUT2D eigenvalue weighted by Crippen LogP contribution is 2.43. The first kappa shape index (κ1) is 21.7. The quantitative estimate of drug-likeness (QED) is 0.546. The molecule has 3 aromatic rings.